The highest BCUT2D eigenvalue weighted by Crippen LogP contribution is 2.30. The van der Waals surface area contributed by atoms with Gasteiger partial charge in [-0.05, 0) is 31.0 Å². The second-order valence-corrected chi connectivity index (χ2v) is 3.03. The maximum atomic E-state index is 3.28. The molecule has 2 rings (SSSR count). The van der Waals surface area contributed by atoms with Crippen molar-refractivity contribution >= 4 is 11.4 Å². The standard InChI is InChI=1S/C9H12N2/c1-6-3-7(2)9-8(4-6)10-5-11-9/h3-4,10-11H,5H2,1-2H3. The van der Waals surface area contributed by atoms with Crippen molar-refractivity contribution in [1.82, 2.24) is 0 Å². The second-order valence-electron chi connectivity index (χ2n) is 3.03. The van der Waals surface area contributed by atoms with Crippen LogP contribution in [0.4, 0.5) is 11.4 Å². The monoisotopic (exact) mass is 148 g/mol. The molecule has 2 heteroatoms. The van der Waals surface area contributed by atoms with E-state index in [4.69, 9.17) is 0 Å². The van der Waals surface area contributed by atoms with E-state index in [1.54, 1.807) is 0 Å². The third-order valence-electron chi connectivity index (χ3n) is 2.02. The van der Waals surface area contributed by atoms with Crippen molar-refractivity contribution < 1.29 is 0 Å². The van der Waals surface area contributed by atoms with Crippen molar-refractivity contribution in [2.75, 3.05) is 17.3 Å². The normalized spacial score (nSPS) is 13.6. The third-order valence-corrected chi connectivity index (χ3v) is 2.02. The van der Waals surface area contributed by atoms with Gasteiger partial charge in [-0.1, -0.05) is 6.07 Å². The molecule has 0 unspecified atom stereocenters. The molecule has 0 spiro atoms. The maximum Gasteiger partial charge on any atom is 0.0850 e. The maximum absolute atomic E-state index is 3.28. The molecule has 58 valence electrons. The number of benzene rings is 1. The van der Waals surface area contributed by atoms with E-state index < -0.39 is 0 Å². The summed E-state index contributed by atoms with van der Waals surface area (Å²) in [5.74, 6) is 0. The quantitative estimate of drug-likeness (QED) is 0.588. The molecule has 1 aliphatic rings. The summed E-state index contributed by atoms with van der Waals surface area (Å²) in [4.78, 5) is 0. The van der Waals surface area contributed by atoms with Crippen molar-refractivity contribution in [1.29, 1.82) is 0 Å². The van der Waals surface area contributed by atoms with Gasteiger partial charge in [0.15, 0.2) is 0 Å². The predicted molar refractivity (Wildman–Crippen MR) is 48.0 cm³/mol. The van der Waals surface area contributed by atoms with Gasteiger partial charge in [-0.25, -0.2) is 0 Å². The van der Waals surface area contributed by atoms with E-state index in [2.05, 4.69) is 36.6 Å². The summed E-state index contributed by atoms with van der Waals surface area (Å²) in [6.07, 6.45) is 0. The summed E-state index contributed by atoms with van der Waals surface area (Å²) < 4.78 is 0. The molecule has 0 saturated heterocycles. The average molecular weight is 148 g/mol. The van der Waals surface area contributed by atoms with Crippen LogP contribution in [-0.4, -0.2) is 6.67 Å². The van der Waals surface area contributed by atoms with Crippen LogP contribution in [0.25, 0.3) is 0 Å². The first-order valence-electron chi connectivity index (χ1n) is 3.86. The van der Waals surface area contributed by atoms with Gasteiger partial charge in [0.05, 0.1) is 18.0 Å². The lowest BCUT2D eigenvalue weighted by Crippen LogP contribution is -1.99. The van der Waals surface area contributed by atoms with Gasteiger partial charge in [-0.15, -0.1) is 0 Å². The smallest absolute Gasteiger partial charge is 0.0850 e. The lowest BCUT2D eigenvalue weighted by molar-refractivity contribution is 1.30. The first-order valence-corrected chi connectivity index (χ1v) is 3.86. The minimum atomic E-state index is 0.861. The van der Waals surface area contributed by atoms with Crippen LogP contribution in [0.2, 0.25) is 0 Å². The minimum absolute atomic E-state index is 0.861. The highest BCUT2D eigenvalue weighted by Gasteiger charge is 2.10. The zero-order valence-electron chi connectivity index (χ0n) is 6.86. The summed E-state index contributed by atoms with van der Waals surface area (Å²) in [6.45, 7) is 5.11. The lowest BCUT2D eigenvalue weighted by Gasteiger charge is -2.03. The van der Waals surface area contributed by atoms with Crippen molar-refractivity contribution in [2.24, 2.45) is 0 Å². The molecule has 0 aromatic heterocycles. The van der Waals surface area contributed by atoms with Crippen LogP contribution in [0.1, 0.15) is 11.1 Å². The fourth-order valence-corrected chi connectivity index (χ4v) is 1.57. The van der Waals surface area contributed by atoms with Crippen molar-refractivity contribution in [3.8, 4) is 0 Å². The summed E-state index contributed by atoms with van der Waals surface area (Å²) >= 11 is 0. The second kappa shape index (κ2) is 2.16. The Morgan fingerprint density at radius 1 is 1.18 bits per heavy atom. The molecule has 0 saturated carbocycles. The molecule has 1 aliphatic heterocycles. The molecule has 1 heterocycles. The Balaban J connectivity index is 2.60. The zero-order chi connectivity index (χ0) is 7.84. The zero-order valence-corrected chi connectivity index (χ0v) is 6.86. The number of nitrogens with one attached hydrogen (secondary N) is 2. The first-order chi connectivity index (χ1) is 5.27. The van der Waals surface area contributed by atoms with E-state index in [1.165, 1.54) is 22.5 Å². The number of aryl methyl sites for hydroxylation is 2. The highest BCUT2D eigenvalue weighted by atomic mass is 15.1. The van der Waals surface area contributed by atoms with Gasteiger partial charge < -0.3 is 10.6 Å². The van der Waals surface area contributed by atoms with Crippen LogP contribution >= 0.6 is 0 Å². The van der Waals surface area contributed by atoms with Crippen molar-refractivity contribution in [2.45, 2.75) is 13.8 Å². The Bertz CT molecular complexity index is 292. The average Bonchev–Trinajstić information content (AvgIpc) is 2.34. The Kier molecular flexibility index (Phi) is 1.28. The van der Waals surface area contributed by atoms with Gasteiger partial charge in [-0.2, -0.15) is 0 Å². The van der Waals surface area contributed by atoms with Crippen LogP contribution in [0.15, 0.2) is 12.1 Å². The summed E-state index contributed by atoms with van der Waals surface area (Å²) in [5.41, 5.74) is 5.14. The van der Waals surface area contributed by atoms with E-state index in [0.717, 1.165) is 6.67 Å². The van der Waals surface area contributed by atoms with Gasteiger partial charge in [0.2, 0.25) is 0 Å². The number of anilines is 2. The van der Waals surface area contributed by atoms with Crippen LogP contribution in [-0.2, 0) is 0 Å². The molecule has 1 aromatic rings. The predicted octanol–water partition coefficient (Wildman–Crippen LogP) is 2.10. The first kappa shape index (κ1) is 6.53. The van der Waals surface area contributed by atoms with E-state index in [1.807, 2.05) is 0 Å². The van der Waals surface area contributed by atoms with E-state index in [9.17, 15) is 0 Å². The molecule has 0 radical (unpaired) electrons. The van der Waals surface area contributed by atoms with E-state index in [0.29, 0.717) is 0 Å². The Morgan fingerprint density at radius 3 is 2.82 bits per heavy atom. The molecular weight excluding hydrogens is 136 g/mol. The fraction of sp³-hybridized carbons (Fsp3) is 0.333. The molecular formula is C9H12N2. The number of hydrogen-bond acceptors (Lipinski definition) is 2. The summed E-state index contributed by atoms with van der Waals surface area (Å²) in [5, 5.41) is 6.56. The lowest BCUT2D eigenvalue weighted by atomic mass is 10.1. The molecule has 2 nitrogen and oxygen atoms in total. The van der Waals surface area contributed by atoms with Crippen LogP contribution in [0, 0.1) is 13.8 Å². The van der Waals surface area contributed by atoms with Gasteiger partial charge >= 0.3 is 0 Å². The molecule has 2 N–H and O–H groups in total. The molecule has 0 amide bonds. The van der Waals surface area contributed by atoms with Crippen molar-refractivity contribution in [3.05, 3.63) is 23.3 Å². The third kappa shape index (κ3) is 0.946. The van der Waals surface area contributed by atoms with Gasteiger partial charge in [-0.3, -0.25) is 0 Å². The minimum Gasteiger partial charge on any atom is -0.366 e. The topological polar surface area (TPSA) is 24.1 Å². The molecule has 1 aromatic carbocycles. The summed E-state index contributed by atoms with van der Waals surface area (Å²) in [7, 11) is 0. The molecule has 11 heavy (non-hydrogen) atoms. The summed E-state index contributed by atoms with van der Waals surface area (Å²) in [6, 6.07) is 4.36. The Morgan fingerprint density at radius 2 is 2.00 bits per heavy atom. The van der Waals surface area contributed by atoms with Crippen LogP contribution < -0.4 is 10.6 Å². The molecule has 0 aliphatic carbocycles. The van der Waals surface area contributed by atoms with E-state index in [-0.39, 0.29) is 0 Å². The molecule has 0 bridgehead atoms. The Labute approximate surface area is 66.6 Å². The Hall–Kier alpha value is -1.18. The van der Waals surface area contributed by atoms with E-state index >= 15 is 0 Å². The molecule has 0 fully saturated rings. The number of hydrogen-bond donors (Lipinski definition) is 2. The van der Waals surface area contributed by atoms with Crippen LogP contribution in [0.5, 0.6) is 0 Å². The van der Waals surface area contributed by atoms with Crippen molar-refractivity contribution in [3.63, 3.8) is 0 Å². The number of rotatable bonds is 0. The molecule has 0 atom stereocenters. The van der Waals surface area contributed by atoms with Gasteiger partial charge in [0.25, 0.3) is 0 Å². The van der Waals surface area contributed by atoms with Gasteiger partial charge in [0, 0.05) is 0 Å². The number of fused-ring (bicyclic) bond motifs is 1. The van der Waals surface area contributed by atoms with Crippen LogP contribution in [0.3, 0.4) is 0 Å². The highest BCUT2D eigenvalue weighted by molar-refractivity contribution is 5.77. The van der Waals surface area contributed by atoms with Gasteiger partial charge in [0.1, 0.15) is 0 Å². The largest absolute Gasteiger partial charge is 0.366 e. The fourth-order valence-electron chi connectivity index (χ4n) is 1.57. The SMILES string of the molecule is Cc1cc(C)c2c(c1)NCN2.